The number of rotatable bonds is 4. The van der Waals surface area contributed by atoms with E-state index in [4.69, 9.17) is 16.3 Å². The molecule has 3 aromatic rings. The van der Waals surface area contributed by atoms with Gasteiger partial charge in [-0.3, -0.25) is 4.79 Å². The van der Waals surface area contributed by atoms with E-state index in [0.717, 1.165) is 0 Å². The summed E-state index contributed by atoms with van der Waals surface area (Å²) >= 11 is 7.10. The normalized spacial score (nSPS) is 10.2. The summed E-state index contributed by atoms with van der Waals surface area (Å²) in [7, 11) is 0. The number of anilines is 1. The summed E-state index contributed by atoms with van der Waals surface area (Å²) in [5.41, 5.74) is 0.612. The first-order valence-corrected chi connectivity index (χ1v) is 7.80. The van der Waals surface area contributed by atoms with Crippen LogP contribution in [0.1, 0.15) is 9.67 Å². The molecule has 1 aromatic heterocycles. The molecule has 1 amide bonds. The standard InChI is InChI=1S/C17H12ClNO2S/c18-16-11-10-15(22-16)17(20)19-13-8-4-5-9-14(13)21-12-6-2-1-3-7-12/h1-11H,(H,19,20). The third-order valence-corrected chi connectivity index (χ3v) is 4.13. The molecule has 0 bridgehead atoms. The largest absolute Gasteiger partial charge is 0.455 e. The van der Waals surface area contributed by atoms with E-state index in [2.05, 4.69) is 5.32 Å². The lowest BCUT2D eigenvalue weighted by Gasteiger charge is -2.11. The number of amides is 1. The molecule has 1 heterocycles. The number of ether oxygens (including phenoxy) is 1. The lowest BCUT2D eigenvalue weighted by Crippen LogP contribution is -2.10. The third-order valence-electron chi connectivity index (χ3n) is 2.90. The van der Waals surface area contributed by atoms with Gasteiger partial charge in [0.1, 0.15) is 5.75 Å². The molecule has 5 heteroatoms. The number of hydrogen-bond donors (Lipinski definition) is 1. The molecule has 0 radical (unpaired) electrons. The van der Waals surface area contributed by atoms with Crippen LogP contribution in [0.2, 0.25) is 4.34 Å². The molecule has 1 N–H and O–H groups in total. The quantitative estimate of drug-likeness (QED) is 0.691. The molecule has 0 saturated carbocycles. The minimum atomic E-state index is -0.207. The molecule has 0 spiro atoms. The van der Waals surface area contributed by atoms with Crippen molar-refractivity contribution in [2.45, 2.75) is 0 Å². The van der Waals surface area contributed by atoms with Crippen molar-refractivity contribution in [2.24, 2.45) is 0 Å². The Balaban J connectivity index is 1.81. The summed E-state index contributed by atoms with van der Waals surface area (Å²) in [4.78, 5) is 12.8. The Morgan fingerprint density at radius 2 is 1.68 bits per heavy atom. The monoisotopic (exact) mass is 329 g/mol. The molecule has 0 atom stereocenters. The number of carbonyl (C=O) groups is 1. The van der Waals surface area contributed by atoms with Gasteiger partial charge in [0.25, 0.3) is 5.91 Å². The number of hydrogen-bond acceptors (Lipinski definition) is 3. The average Bonchev–Trinajstić information content (AvgIpc) is 2.97. The van der Waals surface area contributed by atoms with Gasteiger partial charge >= 0.3 is 0 Å². The summed E-state index contributed by atoms with van der Waals surface area (Å²) in [5.74, 6) is 1.09. The molecular weight excluding hydrogens is 318 g/mol. The van der Waals surface area contributed by atoms with Crippen LogP contribution in [0.15, 0.2) is 66.7 Å². The fourth-order valence-corrected chi connectivity index (χ4v) is 2.83. The number of carbonyl (C=O) groups excluding carboxylic acids is 1. The Labute approximate surface area is 137 Å². The highest BCUT2D eigenvalue weighted by Crippen LogP contribution is 2.30. The van der Waals surface area contributed by atoms with Gasteiger partial charge in [-0.25, -0.2) is 0 Å². The fraction of sp³-hybridized carbons (Fsp3) is 0. The van der Waals surface area contributed by atoms with E-state index in [1.54, 1.807) is 18.2 Å². The zero-order chi connectivity index (χ0) is 15.4. The lowest BCUT2D eigenvalue weighted by atomic mass is 10.2. The Kier molecular flexibility index (Phi) is 4.42. The van der Waals surface area contributed by atoms with Crippen molar-refractivity contribution in [2.75, 3.05) is 5.32 Å². The fourth-order valence-electron chi connectivity index (χ4n) is 1.89. The predicted octanol–water partition coefficient (Wildman–Crippen LogP) is 5.45. The van der Waals surface area contributed by atoms with E-state index in [1.807, 2.05) is 48.5 Å². The highest BCUT2D eigenvalue weighted by atomic mass is 35.5. The van der Waals surface area contributed by atoms with Crippen LogP contribution in [0.5, 0.6) is 11.5 Å². The minimum absolute atomic E-state index is 0.207. The van der Waals surface area contributed by atoms with Crippen molar-refractivity contribution >= 4 is 34.5 Å². The summed E-state index contributed by atoms with van der Waals surface area (Å²) in [6, 6.07) is 20.1. The van der Waals surface area contributed by atoms with Crippen molar-refractivity contribution in [3.63, 3.8) is 0 Å². The highest BCUT2D eigenvalue weighted by Gasteiger charge is 2.12. The Morgan fingerprint density at radius 1 is 0.955 bits per heavy atom. The molecule has 0 saturated heterocycles. The van der Waals surface area contributed by atoms with E-state index in [-0.39, 0.29) is 5.91 Å². The second-order valence-electron chi connectivity index (χ2n) is 4.47. The van der Waals surface area contributed by atoms with E-state index >= 15 is 0 Å². The van der Waals surface area contributed by atoms with Gasteiger partial charge in [0.15, 0.2) is 5.75 Å². The van der Waals surface area contributed by atoms with Crippen molar-refractivity contribution < 1.29 is 9.53 Å². The summed E-state index contributed by atoms with van der Waals surface area (Å²) in [5, 5.41) is 2.85. The van der Waals surface area contributed by atoms with Gasteiger partial charge in [-0.2, -0.15) is 0 Å². The van der Waals surface area contributed by atoms with Crippen LogP contribution in [0.25, 0.3) is 0 Å². The summed E-state index contributed by atoms with van der Waals surface area (Å²) < 4.78 is 6.40. The van der Waals surface area contributed by atoms with Gasteiger partial charge in [-0.1, -0.05) is 41.9 Å². The van der Waals surface area contributed by atoms with Gasteiger partial charge < -0.3 is 10.1 Å². The second-order valence-corrected chi connectivity index (χ2v) is 6.18. The first-order chi connectivity index (χ1) is 10.7. The number of para-hydroxylation sites is 3. The summed E-state index contributed by atoms with van der Waals surface area (Å²) in [6.07, 6.45) is 0. The minimum Gasteiger partial charge on any atom is -0.455 e. The molecule has 0 aliphatic carbocycles. The van der Waals surface area contributed by atoms with Gasteiger partial charge in [-0.05, 0) is 36.4 Å². The van der Waals surface area contributed by atoms with E-state index in [0.29, 0.717) is 26.4 Å². The molecule has 3 rings (SSSR count). The molecule has 110 valence electrons. The van der Waals surface area contributed by atoms with Gasteiger partial charge in [0.05, 0.1) is 14.9 Å². The van der Waals surface area contributed by atoms with Crippen LogP contribution in [0.4, 0.5) is 5.69 Å². The van der Waals surface area contributed by atoms with Crippen LogP contribution in [0, 0.1) is 0 Å². The zero-order valence-corrected chi connectivity index (χ0v) is 13.0. The predicted molar refractivity (Wildman–Crippen MR) is 90.2 cm³/mol. The van der Waals surface area contributed by atoms with Crippen LogP contribution < -0.4 is 10.1 Å². The second kappa shape index (κ2) is 6.64. The van der Waals surface area contributed by atoms with Crippen molar-refractivity contribution in [3.05, 3.63) is 75.9 Å². The van der Waals surface area contributed by atoms with Crippen LogP contribution >= 0.6 is 22.9 Å². The first kappa shape index (κ1) is 14.6. The number of benzene rings is 2. The van der Waals surface area contributed by atoms with Crippen LogP contribution in [0.3, 0.4) is 0 Å². The molecule has 22 heavy (non-hydrogen) atoms. The maximum absolute atomic E-state index is 12.2. The maximum Gasteiger partial charge on any atom is 0.265 e. The van der Waals surface area contributed by atoms with Gasteiger partial charge in [-0.15, -0.1) is 11.3 Å². The van der Waals surface area contributed by atoms with Gasteiger partial charge in [0.2, 0.25) is 0 Å². The average molecular weight is 330 g/mol. The highest BCUT2D eigenvalue weighted by molar-refractivity contribution is 7.18. The molecule has 2 aromatic carbocycles. The van der Waals surface area contributed by atoms with Crippen molar-refractivity contribution in [3.8, 4) is 11.5 Å². The number of nitrogens with one attached hydrogen (secondary N) is 1. The smallest absolute Gasteiger partial charge is 0.265 e. The van der Waals surface area contributed by atoms with Crippen molar-refractivity contribution in [1.29, 1.82) is 0 Å². The topological polar surface area (TPSA) is 38.3 Å². The van der Waals surface area contributed by atoms with Crippen LogP contribution in [-0.4, -0.2) is 5.91 Å². The Bertz CT molecular complexity index is 786. The molecule has 0 unspecified atom stereocenters. The maximum atomic E-state index is 12.2. The Morgan fingerprint density at radius 3 is 2.41 bits per heavy atom. The molecular formula is C17H12ClNO2S. The first-order valence-electron chi connectivity index (χ1n) is 6.61. The Hall–Kier alpha value is -2.30. The lowest BCUT2D eigenvalue weighted by molar-refractivity contribution is 0.103. The van der Waals surface area contributed by atoms with Crippen molar-refractivity contribution in [1.82, 2.24) is 0 Å². The van der Waals surface area contributed by atoms with E-state index in [9.17, 15) is 4.79 Å². The molecule has 0 aliphatic heterocycles. The van der Waals surface area contributed by atoms with E-state index < -0.39 is 0 Å². The number of thiophene rings is 1. The molecule has 3 nitrogen and oxygen atoms in total. The molecule has 0 aliphatic rings. The SMILES string of the molecule is O=C(Nc1ccccc1Oc1ccccc1)c1ccc(Cl)s1. The van der Waals surface area contributed by atoms with Gasteiger partial charge in [0, 0.05) is 0 Å². The molecule has 0 fully saturated rings. The van der Waals surface area contributed by atoms with E-state index in [1.165, 1.54) is 11.3 Å². The van der Waals surface area contributed by atoms with Crippen LogP contribution in [-0.2, 0) is 0 Å². The number of halogens is 1. The zero-order valence-electron chi connectivity index (χ0n) is 11.5. The summed E-state index contributed by atoms with van der Waals surface area (Å²) in [6.45, 7) is 0. The third kappa shape index (κ3) is 3.47.